The zero-order chi connectivity index (χ0) is 13.3. The third-order valence-corrected chi connectivity index (χ3v) is 4.02. The second-order valence-corrected chi connectivity index (χ2v) is 5.40. The van der Waals surface area contributed by atoms with Crippen LogP contribution in [0, 0.1) is 6.92 Å². The number of aliphatic hydroxyl groups excluding tert-OH is 1. The Hall–Kier alpha value is -1.24. The van der Waals surface area contributed by atoms with Crippen LogP contribution in [-0.4, -0.2) is 71.5 Å². The molecule has 1 N–H and O–H groups in total. The van der Waals surface area contributed by atoms with Gasteiger partial charge < -0.3 is 14.7 Å². The molecule has 104 valence electrons. The van der Waals surface area contributed by atoms with Crippen LogP contribution < -0.4 is 4.90 Å². The van der Waals surface area contributed by atoms with Crippen LogP contribution in [0.15, 0.2) is 12.4 Å². The van der Waals surface area contributed by atoms with E-state index in [-0.39, 0.29) is 12.1 Å². The minimum atomic E-state index is -0.301. The molecule has 19 heavy (non-hydrogen) atoms. The van der Waals surface area contributed by atoms with E-state index in [1.54, 1.807) is 0 Å². The molecular formula is C13H20N4O2. The van der Waals surface area contributed by atoms with Gasteiger partial charge in [0.2, 0.25) is 5.95 Å². The predicted molar refractivity (Wildman–Crippen MR) is 71.2 cm³/mol. The lowest BCUT2D eigenvalue weighted by Crippen LogP contribution is -2.69. The third-order valence-electron chi connectivity index (χ3n) is 4.02. The zero-order valence-electron chi connectivity index (χ0n) is 11.2. The summed E-state index contributed by atoms with van der Waals surface area (Å²) in [7, 11) is 0. The number of aryl methyl sites for hydroxylation is 1. The molecule has 0 saturated carbocycles. The van der Waals surface area contributed by atoms with E-state index in [1.807, 2.05) is 19.3 Å². The minimum absolute atomic E-state index is 0.107. The van der Waals surface area contributed by atoms with E-state index in [2.05, 4.69) is 19.8 Å². The van der Waals surface area contributed by atoms with Crippen molar-refractivity contribution in [3.8, 4) is 0 Å². The van der Waals surface area contributed by atoms with Crippen LogP contribution in [0.4, 0.5) is 5.95 Å². The summed E-state index contributed by atoms with van der Waals surface area (Å²) in [4.78, 5) is 13.2. The molecule has 3 rings (SSSR count). The van der Waals surface area contributed by atoms with Crippen LogP contribution in [0.1, 0.15) is 5.56 Å². The average molecular weight is 264 g/mol. The number of rotatable bonds is 2. The number of morpholine rings is 1. The number of fused-ring (bicyclic) bond motifs is 1. The molecule has 2 aliphatic rings. The predicted octanol–water partition coefficient (Wildman–Crippen LogP) is -0.332. The molecule has 2 fully saturated rings. The molecule has 1 aromatic rings. The molecule has 0 spiro atoms. The molecule has 1 unspecified atom stereocenters. The second kappa shape index (κ2) is 5.03. The third kappa shape index (κ3) is 2.31. The highest BCUT2D eigenvalue weighted by atomic mass is 16.5. The van der Waals surface area contributed by atoms with Gasteiger partial charge in [-0.15, -0.1) is 0 Å². The van der Waals surface area contributed by atoms with Gasteiger partial charge in [0, 0.05) is 38.6 Å². The maximum Gasteiger partial charge on any atom is 0.225 e. The molecule has 0 amide bonds. The lowest BCUT2D eigenvalue weighted by Gasteiger charge is -2.52. The van der Waals surface area contributed by atoms with Crippen molar-refractivity contribution in [2.24, 2.45) is 0 Å². The molecule has 6 nitrogen and oxygen atoms in total. The van der Waals surface area contributed by atoms with Gasteiger partial charge in [-0.25, -0.2) is 9.97 Å². The van der Waals surface area contributed by atoms with Gasteiger partial charge in [0.25, 0.3) is 0 Å². The summed E-state index contributed by atoms with van der Waals surface area (Å²) in [6.07, 6.45) is 3.66. The molecular weight excluding hydrogens is 244 g/mol. The van der Waals surface area contributed by atoms with Crippen LogP contribution in [0.2, 0.25) is 0 Å². The van der Waals surface area contributed by atoms with E-state index in [1.165, 1.54) is 0 Å². The maximum absolute atomic E-state index is 9.80. The first-order valence-corrected chi connectivity index (χ1v) is 6.71. The normalized spacial score (nSPS) is 28.2. The van der Waals surface area contributed by atoms with Crippen LogP contribution in [0.3, 0.4) is 0 Å². The Morgan fingerprint density at radius 2 is 2.11 bits per heavy atom. The maximum atomic E-state index is 9.80. The van der Waals surface area contributed by atoms with Crippen LogP contribution in [-0.2, 0) is 4.74 Å². The summed E-state index contributed by atoms with van der Waals surface area (Å²) in [6, 6.07) is 0. The SMILES string of the molecule is Cc1cnc(N2CCN3CCOCC3(CO)C2)nc1. The van der Waals surface area contributed by atoms with Crippen molar-refractivity contribution in [1.29, 1.82) is 0 Å². The lowest BCUT2D eigenvalue weighted by molar-refractivity contribution is -0.0952. The molecule has 0 aliphatic carbocycles. The Bertz CT molecular complexity index is 439. The standard InChI is InChI=1S/C13H20N4O2/c1-11-6-14-12(15-7-11)16-2-3-17-4-5-19-10-13(17,8-16)9-18/h6-7,18H,2-5,8-10H2,1H3. The molecule has 0 aromatic carbocycles. The van der Waals surface area contributed by atoms with Crippen LogP contribution in [0.25, 0.3) is 0 Å². The van der Waals surface area contributed by atoms with E-state index in [0.29, 0.717) is 13.2 Å². The number of anilines is 1. The van der Waals surface area contributed by atoms with E-state index in [9.17, 15) is 5.11 Å². The summed E-state index contributed by atoms with van der Waals surface area (Å²) >= 11 is 0. The topological polar surface area (TPSA) is 61.7 Å². The fourth-order valence-electron chi connectivity index (χ4n) is 2.85. The second-order valence-electron chi connectivity index (χ2n) is 5.40. The van der Waals surface area contributed by atoms with Crippen LogP contribution >= 0.6 is 0 Å². The molecule has 3 heterocycles. The van der Waals surface area contributed by atoms with Crippen molar-refractivity contribution in [2.45, 2.75) is 12.5 Å². The average Bonchev–Trinajstić information content (AvgIpc) is 2.47. The van der Waals surface area contributed by atoms with Gasteiger partial charge in [0.15, 0.2) is 0 Å². The quantitative estimate of drug-likeness (QED) is 0.789. The highest BCUT2D eigenvalue weighted by Gasteiger charge is 2.44. The van der Waals surface area contributed by atoms with Gasteiger partial charge in [0.05, 0.1) is 25.4 Å². The highest BCUT2D eigenvalue weighted by Crippen LogP contribution is 2.26. The van der Waals surface area contributed by atoms with Gasteiger partial charge in [-0.05, 0) is 12.5 Å². The minimum Gasteiger partial charge on any atom is -0.394 e. The number of ether oxygens (including phenoxy) is 1. The summed E-state index contributed by atoms with van der Waals surface area (Å²) in [6.45, 7) is 6.83. The fraction of sp³-hybridized carbons (Fsp3) is 0.692. The van der Waals surface area contributed by atoms with E-state index in [4.69, 9.17) is 4.74 Å². The number of hydrogen-bond acceptors (Lipinski definition) is 6. The van der Waals surface area contributed by atoms with E-state index >= 15 is 0 Å². The van der Waals surface area contributed by atoms with Gasteiger partial charge >= 0.3 is 0 Å². The summed E-state index contributed by atoms with van der Waals surface area (Å²) in [5, 5.41) is 9.80. The smallest absolute Gasteiger partial charge is 0.225 e. The summed E-state index contributed by atoms with van der Waals surface area (Å²) in [5.41, 5.74) is 0.755. The van der Waals surface area contributed by atoms with Crippen LogP contribution in [0.5, 0.6) is 0 Å². The summed E-state index contributed by atoms with van der Waals surface area (Å²) < 4.78 is 5.57. The van der Waals surface area contributed by atoms with E-state index < -0.39 is 0 Å². The number of piperazine rings is 1. The van der Waals surface area contributed by atoms with Crippen molar-refractivity contribution in [1.82, 2.24) is 14.9 Å². The number of nitrogens with zero attached hydrogens (tertiary/aromatic N) is 4. The fourth-order valence-corrected chi connectivity index (χ4v) is 2.85. The number of hydrogen-bond donors (Lipinski definition) is 1. The van der Waals surface area contributed by atoms with Crippen molar-refractivity contribution >= 4 is 5.95 Å². The highest BCUT2D eigenvalue weighted by molar-refractivity contribution is 5.32. The van der Waals surface area contributed by atoms with Gasteiger partial charge in [-0.3, -0.25) is 4.90 Å². The van der Waals surface area contributed by atoms with Gasteiger partial charge in [-0.1, -0.05) is 0 Å². The van der Waals surface area contributed by atoms with Crippen molar-refractivity contribution in [3.63, 3.8) is 0 Å². The number of aromatic nitrogens is 2. The Kier molecular flexibility index (Phi) is 3.38. The molecule has 0 bridgehead atoms. The summed E-state index contributed by atoms with van der Waals surface area (Å²) in [5.74, 6) is 0.739. The van der Waals surface area contributed by atoms with Crippen molar-refractivity contribution in [3.05, 3.63) is 18.0 Å². The first kappa shape index (κ1) is 12.8. The lowest BCUT2D eigenvalue weighted by atomic mass is 9.94. The molecule has 2 saturated heterocycles. The Morgan fingerprint density at radius 1 is 1.32 bits per heavy atom. The Morgan fingerprint density at radius 3 is 2.84 bits per heavy atom. The first-order chi connectivity index (χ1) is 9.23. The largest absolute Gasteiger partial charge is 0.394 e. The van der Waals surface area contributed by atoms with Gasteiger partial charge in [0.1, 0.15) is 0 Å². The van der Waals surface area contributed by atoms with Gasteiger partial charge in [-0.2, -0.15) is 0 Å². The monoisotopic (exact) mass is 264 g/mol. The Labute approximate surface area is 113 Å². The van der Waals surface area contributed by atoms with Crippen molar-refractivity contribution < 1.29 is 9.84 Å². The van der Waals surface area contributed by atoms with E-state index in [0.717, 1.165) is 37.8 Å². The first-order valence-electron chi connectivity index (χ1n) is 6.71. The molecule has 6 heteroatoms. The van der Waals surface area contributed by atoms with Crippen molar-refractivity contribution in [2.75, 3.05) is 50.9 Å². The molecule has 1 aromatic heterocycles. The molecule has 0 radical (unpaired) electrons. The Balaban J connectivity index is 1.80. The number of aliphatic hydroxyl groups is 1. The zero-order valence-corrected chi connectivity index (χ0v) is 11.2. The molecule has 2 aliphatic heterocycles. The molecule has 1 atom stereocenters.